The molecule has 1 unspecified atom stereocenters. The van der Waals surface area contributed by atoms with Gasteiger partial charge in [-0.2, -0.15) is 0 Å². The number of hydrogen-bond donors (Lipinski definition) is 2. The normalized spacial score (nSPS) is 11.7. The molecule has 8 heteroatoms. The Hall–Kier alpha value is -2.16. The molecule has 0 aliphatic rings. The molecule has 144 valence electrons. The second-order valence-electron chi connectivity index (χ2n) is 6.00. The molecule has 0 radical (unpaired) electrons. The number of aromatic nitrogens is 1. The number of nitrogens with zero attached hydrogens (tertiary/aromatic N) is 1. The number of anilines is 2. The molecule has 0 saturated carbocycles. The van der Waals surface area contributed by atoms with E-state index in [0.717, 1.165) is 20.6 Å². The van der Waals surface area contributed by atoms with Crippen LogP contribution in [0.4, 0.5) is 10.8 Å². The SMILES string of the molecule is CC(=O)Nc1cccc(SC(C)C(=O)Nc2nc(-c3ccc(Br)cc3)cs2)c1. The topological polar surface area (TPSA) is 71.1 Å². The summed E-state index contributed by atoms with van der Waals surface area (Å²) in [6, 6.07) is 15.3. The molecule has 0 saturated heterocycles. The summed E-state index contributed by atoms with van der Waals surface area (Å²) in [6.45, 7) is 3.31. The molecular weight excluding hydrogens is 458 g/mol. The first-order valence-electron chi connectivity index (χ1n) is 8.47. The maximum atomic E-state index is 12.5. The highest BCUT2D eigenvalue weighted by atomic mass is 79.9. The van der Waals surface area contributed by atoms with Crippen molar-refractivity contribution in [1.82, 2.24) is 4.98 Å². The van der Waals surface area contributed by atoms with Crippen molar-refractivity contribution in [1.29, 1.82) is 0 Å². The van der Waals surface area contributed by atoms with Gasteiger partial charge >= 0.3 is 0 Å². The van der Waals surface area contributed by atoms with Gasteiger partial charge in [-0.3, -0.25) is 9.59 Å². The van der Waals surface area contributed by atoms with Gasteiger partial charge in [-0.25, -0.2) is 4.98 Å². The van der Waals surface area contributed by atoms with Crippen LogP contribution in [0.25, 0.3) is 11.3 Å². The van der Waals surface area contributed by atoms with Crippen LogP contribution in [0.15, 0.2) is 63.3 Å². The summed E-state index contributed by atoms with van der Waals surface area (Å²) in [7, 11) is 0. The third kappa shape index (κ3) is 5.67. The molecule has 3 aromatic rings. The third-order valence-electron chi connectivity index (χ3n) is 3.71. The number of thiazole rings is 1. The number of amides is 2. The molecule has 2 aromatic carbocycles. The first-order chi connectivity index (χ1) is 13.4. The van der Waals surface area contributed by atoms with Crippen molar-refractivity contribution in [2.45, 2.75) is 24.0 Å². The summed E-state index contributed by atoms with van der Waals surface area (Å²) in [5.41, 5.74) is 2.54. The molecule has 0 aliphatic carbocycles. The second kappa shape index (κ2) is 9.36. The summed E-state index contributed by atoms with van der Waals surface area (Å²) in [5, 5.41) is 7.81. The quantitative estimate of drug-likeness (QED) is 0.451. The van der Waals surface area contributed by atoms with Gasteiger partial charge in [0.1, 0.15) is 0 Å². The fourth-order valence-corrected chi connectivity index (χ4v) is 4.31. The Bertz CT molecular complexity index is 989. The van der Waals surface area contributed by atoms with Crippen LogP contribution < -0.4 is 10.6 Å². The Kier molecular flexibility index (Phi) is 6.88. The second-order valence-corrected chi connectivity index (χ2v) is 9.19. The number of carbonyl (C=O) groups excluding carboxylic acids is 2. The zero-order chi connectivity index (χ0) is 20.1. The molecule has 28 heavy (non-hydrogen) atoms. The van der Waals surface area contributed by atoms with Gasteiger partial charge in [0.2, 0.25) is 11.8 Å². The fourth-order valence-electron chi connectivity index (χ4n) is 2.40. The number of thioether (sulfide) groups is 1. The molecule has 0 spiro atoms. The van der Waals surface area contributed by atoms with Gasteiger partial charge in [0.25, 0.3) is 0 Å². The number of halogens is 1. The molecule has 2 amide bonds. The fraction of sp³-hybridized carbons (Fsp3) is 0.150. The van der Waals surface area contributed by atoms with Gasteiger partial charge in [-0.1, -0.05) is 34.1 Å². The smallest absolute Gasteiger partial charge is 0.239 e. The van der Waals surface area contributed by atoms with E-state index in [4.69, 9.17) is 0 Å². The molecule has 0 fully saturated rings. The van der Waals surface area contributed by atoms with Gasteiger partial charge in [0.15, 0.2) is 5.13 Å². The van der Waals surface area contributed by atoms with E-state index < -0.39 is 0 Å². The number of nitrogens with one attached hydrogen (secondary N) is 2. The van der Waals surface area contributed by atoms with E-state index >= 15 is 0 Å². The average molecular weight is 476 g/mol. The van der Waals surface area contributed by atoms with Gasteiger partial charge < -0.3 is 10.6 Å². The van der Waals surface area contributed by atoms with Crippen molar-refractivity contribution in [3.05, 3.63) is 58.4 Å². The standard InChI is InChI=1S/C20H18BrN3O2S2/c1-12(28-17-5-3-4-16(10-17)22-13(2)25)19(26)24-20-23-18(11-27-20)14-6-8-15(21)9-7-14/h3-12H,1-2H3,(H,22,25)(H,23,24,26). The summed E-state index contributed by atoms with van der Waals surface area (Å²) >= 11 is 6.24. The van der Waals surface area contributed by atoms with Crippen LogP contribution in [0.5, 0.6) is 0 Å². The summed E-state index contributed by atoms with van der Waals surface area (Å²) in [6.07, 6.45) is 0. The lowest BCUT2D eigenvalue weighted by atomic mass is 10.2. The summed E-state index contributed by atoms with van der Waals surface area (Å²) < 4.78 is 1.01. The zero-order valence-electron chi connectivity index (χ0n) is 15.2. The minimum atomic E-state index is -0.312. The third-order valence-corrected chi connectivity index (χ3v) is 6.09. The lowest BCUT2D eigenvalue weighted by Crippen LogP contribution is -2.22. The van der Waals surface area contributed by atoms with Crippen molar-refractivity contribution in [2.75, 3.05) is 10.6 Å². The number of benzene rings is 2. The van der Waals surface area contributed by atoms with Crippen molar-refractivity contribution in [3.63, 3.8) is 0 Å². The average Bonchev–Trinajstić information content (AvgIpc) is 3.10. The highest BCUT2D eigenvalue weighted by Crippen LogP contribution is 2.29. The van der Waals surface area contributed by atoms with E-state index in [1.807, 2.05) is 60.8 Å². The van der Waals surface area contributed by atoms with E-state index in [9.17, 15) is 9.59 Å². The Labute approximate surface area is 180 Å². The molecule has 1 heterocycles. The molecule has 0 bridgehead atoms. The number of rotatable bonds is 6. The van der Waals surface area contributed by atoms with Crippen molar-refractivity contribution < 1.29 is 9.59 Å². The van der Waals surface area contributed by atoms with Gasteiger partial charge in [0, 0.05) is 32.9 Å². The van der Waals surface area contributed by atoms with Crippen molar-refractivity contribution >= 4 is 61.7 Å². The number of carbonyl (C=O) groups is 2. The van der Waals surface area contributed by atoms with Gasteiger partial charge in [-0.05, 0) is 37.3 Å². The molecule has 0 aliphatic heterocycles. The molecule has 1 atom stereocenters. The van der Waals surface area contributed by atoms with Crippen LogP contribution >= 0.6 is 39.0 Å². The largest absolute Gasteiger partial charge is 0.326 e. The first-order valence-corrected chi connectivity index (χ1v) is 11.0. The van der Waals surface area contributed by atoms with E-state index in [-0.39, 0.29) is 17.1 Å². The van der Waals surface area contributed by atoms with Crippen LogP contribution in [0.3, 0.4) is 0 Å². The maximum Gasteiger partial charge on any atom is 0.239 e. The Morgan fingerprint density at radius 2 is 1.89 bits per heavy atom. The predicted molar refractivity (Wildman–Crippen MR) is 120 cm³/mol. The van der Waals surface area contributed by atoms with E-state index in [0.29, 0.717) is 10.8 Å². The van der Waals surface area contributed by atoms with Gasteiger partial charge in [-0.15, -0.1) is 23.1 Å². The minimum absolute atomic E-state index is 0.119. The predicted octanol–water partition coefficient (Wildman–Crippen LogP) is 5.65. The Morgan fingerprint density at radius 1 is 1.14 bits per heavy atom. The molecule has 3 rings (SSSR count). The van der Waals surface area contributed by atoms with Crippen molar-refractivity contribution in [3.8, 4) is 11.3 Å². The van der Waals surface area contributed by atoms with Crippen molar-refractivity contribution in [2.24, 2.45) is 0 Å². The molecule has 2 N–H and O–H groups in total. The summed E-state index contributed by atoms with van der Waals surface area (Å²) in [4.78, 5) is 29.1. The van der Waals surface area contributed by atoms with E-state index in [1.54, 1.807) is 0 Å². The number of hydrogen-bond acceptors (Lipinski definition) is 5. The monoisotopic (exact) mass is 475 g/mol. The lowest BCUT2D eigenvalue weighted by Gasteiger charge is -2.11. The highest BCUT2D eigenvalue weighted by molar-refractivity contribution is 9.10. The summed E-state index contributed by atoms with van der Waals surface area (Å²) in [5.74, 6) is -0.245. The zero-order valence-corrected chi connectivity index (χ0v) is 18.5. The van der Waals surface area contributed by atoms with E-state index in [2.05, 4.69) is 31.5 Å². The maximum absolute atomic E-state index is 12.5. The molecular formula is C20H18BrN3O2S2. The Balaban J connectivity index is 1.62. The minimum Gasteiger partial charge on any atom is -0.326 e. The molecule has 5 nitrogen and oxygen atoms in total. The van der Waals surface area contributed by atoms with E-state index in [1.165, 1.54) is 30.0 Å². The van der Waals surface area contributed by atoms with Crippen LogP contribution in [0.2, 0.25) is 0 Å². The first kappa shape index (κ1) is 20.6. The Morgan fingerprint density at radius 3 is 2.61 bits per heavy atom. The highest BCUT2D eigenvalue weighted by Gasteiger charge is 2.16. The van der Waals surface area contributed by atoms with Crippen LogP contribution in [-0.2, 0) is 9.59 Å². The lowest BCUT2D eigenvalue weighted by molar-refractivity contribution is -0.115. The van der Waals surface area contributed by atoms with Crippen LogP contribution in [0.1, 0.15) is 13.8 Å². The van der Waals surface area contributed by atoms with Gasteiger partial charge in [0.05, 0.1) is 10.9 Å². The van der Waals surface area contributed by atoms with Crippen LogP contribution in [0, 0.1) is 0 Å². The molecule has 1 aromatic heterocycles. The van der Waals surface area contributed by atoms with Crippen LogP contribution in [-0.4, -0.2) is 22.0 Å².